The molecule has 0 saturated heterocycles. The topological polar surface area (TPSA) is 7.76 Å². The molecule has 2 fully saturated rings. The van der Waals surface area contributed by atoms with E-state index in [2.05, 4.69) is 120 Å². The summed E-state index contributed by atoms with van der Waals surface area (Å²) >= 11 is 4.09. The highest BCUT2D eigenvalue weighted by molar-refractivity contribution is 7.18. The lowest BCUT2D eigenvalue weighted by Crippen LogP contribution is -2.55. The third kappa shape index (κ3) is 2.38. The molecule has 1 spiro atoms. The van der Waals surface area contributed by atoms with E-state index in [4.69, 9.17) is 0 Å². The van der Waals surface area contributed by atoms with Crippen LogP contribution in [-0.2, 0) is 30.3 Å². The second-order valence-electron chi connectivity index (χ2n) is 11.9. The molecule has 0 radical (unpaired) electrons. The molecule has 0 atom stereocenters. The molecule has 3 aliphatic rings. The number of thiazole rings is 2. The van der Waals surface area contributed by atoms with E-state index in [0.29, 0.717) is 0 Å². The van der Waals surface area contributed by atoms with Gasteiger partial charge in [-0.1, -0.05) is 95.5 Å². The highest BCUT2D eigenvalue weighted by Gasteiger charge is 2.81. The van der Waals surface area contributed by atoms with Gasteiger partial charge in [0.15, 0.2) is 0 Å². The van der Waals surface area contributed by atoms with E-state index in [9.17, 15) is 0 Å². The third-order valence-electron chi connectivity index (χ3n) is 10.6. The molecule has 6 aromatic rings. The minimum atomic E-state index is -0.107. The van der Waals surface area contributed by atoms with Crippen LogP contribution in [0.15, 0.2) is 97.1 Å². The molecule has 0 unspecified atom stereocenters. The summed E-state index contributed by atoms with van der Waals surface area (Å²) in [5.74, 6) is 0. The standard InChI is InChI=1S/C35H30N2S2/c1-36-27-15-7-9-17-29(27)38-31(36)33-19-21-34(22-20-33,32-37(2)28-16-8-10-18-30(28)39-32)35(33)25-13-5-3-11-23(25)24-12-4-6-14-26(24)35/h3-18H,19-22H2,1-2H3/q+2. The Hall–Kier alpha value is -3.34. The van der Waals surface area contributed by atoms with Gasteiger partial charge < -0.3 is 0 Å². The van der Waals surface area contributed by atoms with Gasteiger partial charge in [-0.3, -0.25) is 0 Å². The minimum absolute atomic E-state index is 0.0390. The highest BCUT2D eigenvalue weighted by atomic mass is 32.1. The molecule has 2 nitrogen and oxygen atoms in total. The van der Waals surface area contributed by atoms with Crippen molar-refractivity contribution in [3.05, 3.63) is 118 Å². The fourth-order valence-electron chi connectivity index (χ4n) is 9.37. The highest BCUT2D eigenvalue weighted by Crippen LogP contribution is 2.79. The normalized spacial score (nSPS) is 24.2. The van der Waals surface area contributed by atoms with Gasteiger partial charge in [0.1, 0.15) is 23.5 Å². The minimum Gasteiger partial charge on any atom is -0.188 e. The zero-order chi connectivity index (χ0) is 26.0. The monoisotopic (exact) mass is 542 g/mol. The predicted octanol–water partition coefficient (Wildman–Crippen LogP) is 7.50. The van der Waals surface area contributed by atoms with Crippen molar-refractivity contribution in [2.45, 2.75) is 41.9 Å². The molecule has 9 rings (SSSR count). The molecule has 4 heteroatoms. The van der Waals surface area contributed by atoms with Crippen LogP contribution in [0.3, 0.4) is 0 Å². The Balaban J connectivity index is 1.46. The van der Waals surface area contributed by atoms with Gasteiger partial charge >= 0.3 is 0 Å². The van der Waals surface area contributed by atoms with Gasteiger partial charge in [0.25, 0.3) is 0 Å². The first-order chi connectivity index (χ1) is 19.1. The molecular weight excluding hydrogens is 513 g/mol. The Bertz CT molecular complexity index is 1820. The van der Waals surface area contributed by atoms with E-state index in [1.807, 2.05) is 22.7 Å². The fraction of sp³-hybridized carbons (Fsp3) is 0.257. The van der Waals surface area contributed by atoms with E-state index < -0.39 is 0 Å². The van der Waals surface area contributed by atoms with Crippen molar-refractivity contribution in [1.29, 1.82) is 0 Å². The number of benzene rings is 4. The zero-order valence-corrected chi connectivity index (χ0v) is 23.9. The van der Waals surface area contributed by atoms with Crippen LogP contribution >= 0.6 is 22.7 Å². The van der Waals surface area contributed by atoms with Crippen LogP contribution in [-0.4, -0.2) is 0 Å². The summed E-state index contributed by atoms with van der Waals surface area (Å²) in [5, 5.41) is 3.11. The van der Waals surface area contributed by atoms with E-state index in [1.165, 1.54) is 57.2 Å². The lowest BCUT2D eigenvalue weighted by Gasteiger charge is -2.43. The van der Waals surface area contributed by atoms with E-state index in [-0.39, 0.29) is 16.2 Å². The molecule has 2 heterocycles. The maximum Gasteiger partial charge on any atom is 0.245 e. The molecule has 2 aromatic heterocycles. The number of aromatic nitrogens is 2. The van der Waals surface area contributed by atoms with E-state index >= 15 is 0 Å². The fourth-order valence-corrected chi connectivity index (χ4v) is 12.3. The average molecular weight is 543 g/mol. The van der Waals surface area contributed by atoms with Gasteiger partial charge in [0.2, 0.25) is 21.0 Å². The number of hydrogen-bond acceptors (Lipinski definition) is 2. The van der Waals surface area contributed by atoms with E-state index in [1.54, 1.807) is 21.1 Å². The molecule has 4 aromatic carbocycles. The van der Waals surface area contributed by atoms with Crippen LogP contribution < -0.4 is 9.13 Å². The number of hydrogen-bond donors (Lipinski definition) is 0. The number of fused-ring (bicyclic) bond motifs is 5. The summed E-state index contributed by atoms with van der Waals surface area (Å²) in [4.78, 5) is 0. The first-order valence-electron chi connectivity index (χ1n) is 14.1. The van der Waals surface area contributed by atoms with Crippen LogP contribution in [0, 0.1) is 0 Å². The summed E-state index contributed by atoms with van der Waals surface area (Å²) < 4.78 is 7.90. The molecular formula is C35H30N2S2+2. The Labute approximate surface area is 236 Å². The lowest BCUT2D eigenvalue weighted by atomic mass is 9.56. The number of para-hydroxylation sites is 2. The Morgan fingerprint density at radius 3 is 1.33 bits per heavy atom. The van der Waals surface area contributed by atoms with Crippen molar-refractivity contribution >= 4 is 43.1 Å². The molecule has 190 valence electrons. The summed E-state index contributed by atoms with van der Waals surface area (Å²) in [6, 6.07) is 36.8. The SMILES string of the molecule is C[n+]1c(C23CCC(c4sc5ccccc5[n+]4C)(CC2)C32c3ccccc3-c3ccccc32)sc2ccccc21. The molecule has 39 heavy (non-hydrogen) atoms. The predicted molar refractivity (Wildman–Crippen MR) is 160 cm³/mol. The van der Waals surface area contributed by atoms with Crippen molar-refractivity contribution < 1.29 is 9.13 Å². The summed E-state index contributed by atoms with van der Waals surface area (Å²) in [6.07, 6.45) is 4.85. The Kier molecular flexibility index (Phi) is 4.29. The van der Waals surface area contributed by atoms with Gasteiger partial charge in [-0.2, -0.15) is 9.13 Å². The van der Waals surface area contributed by atoms with Gasteiger partial charge in [0.05, 0.1) is 16.2 Å². The first kappa shape index (κ1) is 22.5. The van der Waals surface area contributed by atoms with Crippen molar-refractivity contribution in [2.75, 3.05) is 0 Å². The van der Waals surface area contributed by atoms with Gasteiger partial charge in [0, 0.05) is 12.1 Å². The Morgan fingerprint density at radius 2 is 0.897 bits per heavy atom. The first-order valence-corrected chi connectivity index (χ1v) is 15.7. The van der Waals surface area contributed by atoms with Gasteiger partial charge in [-0.15, -0.1) is 0 Å². The van der Waals surface area contributed by atoms with Crippen LogP contribution in [0.4, 0.5) is 0 Å². The molecule has 2 bridgehead atoms. The quantitative estimate of drug-likeness (QED) is 0.200. The maximum atomic E-state index is 2.55. The van der Waals surface area contributed by atoms with E-state index in [0.717, 1.165) is 0 Å². The second kappa shape index (κ2) is 7.44. The van der Waals surface area contributed by atoms with Crippen LogP contribution in [0.25, 0.3) is 31.6 Å². The summed E-state index contributed by atoms with van der Waals surface area (Å²) in [5.41, 5.74) is 8.68. The molecule has 0 N–H and O–H groups in total. The summed E-state index contributed by atoms with van der Waals surface area (Å²) in [7, 11) is 4.64. The second-order valence-corrected chi connectivity index (χ2v) is 13.9. The van der Waals surface area contributed by atoms with Crippen molar-refractivity contribution in [1.82, 2.24) is 0 Å². The number of rotatable bonds is 2. The third-order valence-corrected chi connectivity index (χ3v) is 13.5. The lowest BCUT2D eigenvalue weighted by molar-refractivity contribution is -0.653. The zero-order valence-electron chi connectivity index (χ0n) is 22.3. The van der Waals surface area contributed by atoms with Crippen molar-refractivity contribution in [3.63, 3.8) is 0 Å². The van der Waals surface area contributed by atoms with Gasteiger partial charge in [-0.25, -0.2) is 0 Å². The molecule has 3 aliphatic carbocycles. The number of aryl methyl sites for hydroxylation is 2. The number of nitrogens with zero attached hydrogens (tertiary/aromatic N) is 2. The van der Waals surface area contributed by atoms with Gasteiger partial charge in [-0.05, 0) is 60.1 Å². The molecule has 0 aliphatic heterocycles. The van der Waals surface area contributed by atoms with Crippen molar-refractivity contribution in [2.24, 2.45) is 14.1 Å². The maximum absolute atomic E-state index is 2.55. The Morgan fingerprint density at radius 1 is 0.513 bits per heavy atom. The van der Waals surface area contributed by atoms with Crippen LogP contribution in [0.2, 0.25) is 0 Å². The largest absolute Gasteiger partial charge is 0.245 e. The molecule has 2 saturated carbocycles. The average Bonchev–Trinajstić information content (AvgIpc) is 3.75. The smallest absolute Gasteiger partial charge is 0.188 e. The summed E-state index contributed by atoms with van der Waals surface area (Å²) in [6.45, 7) is 0. The van der Waals surface area contributed by atoms with Crippen LogP contribution in [0.1, 0.15) is 46.8 Å². The molecule has 0 amide bonds. The van der Waals surface area contributed by atoms with Crippen LogP contribution in [0.5, 0.6) is 0 Å². The van der Waals surface area contributed by atoms with Crippen molar-refractivity contribution in [3.8, 4) is 11.1 Å².